The Kier molecular flexibility index (Phi) is 19.8. The van der Waals surface area contributed by atoms with Crippen molar-refractivity contribution in [2.75, 3.05) is 70.7 Å². The Morgan fingerprint density at radius 1 is 0.559 bits per heavy atom. The molecule has 0 saturated heterocycles. The molecule has 0 spiro atoms. The van der Waals surface area contributed by atoms with Gasteiger partial charge in [0.05, 0.1) is 11.2 Å². The van der Waals surface area contributed by atoms with Crippen LogP contribution in [0, 0.1) is 0 Å². The van der Waals surface area contributed by atoms with Crippen molar-refractivity contribution in [3.63, 3.8) is 0 Å². The molecule has 1 rings (SSSR count). The summed E-state index contributed by atoms with van der Waals surface area (Å²) in [5, 5.41) is 0. The van der Waals surface area contributed by atoms with Crippen LogP contribution >= 0.6 is 72.3 Å². The third kappa shape index (κ3) is 15.5. The third-order valence-corrected chi connectivity index (χ3v) is 11.0. The zero-order chi connectivity index (χ0) is 25.1. The Morgan fingerprint density at radius 2 is 0.882 bits per heavy atom. The maximum absolute atomic E-state index is 6.25. The first-order chi connectivity index (χ1) is 16.3. The van der Waals surface area contributed by atoms with Crippen LogP contribution in [-0.4, -0.2) is 70.7 Å². The maximum atomic E-state index is 6.25. The number of thiol groups is 2. The molecule has 0 unspecified atom stereocenters. The molecular weight excluding hydrogens is 537 g/mol. The lowest BCUT2D eigenvalue weighted by Crippen LogP contribution is -2.25. The zero-order valence-electron chi connectivity index (χ0n) is 21.6. The van der Waals surface area contributed by atoms with Crippen LogP contribution in [0.4, 0.5) is 0 Å². The van der Waals surface area contributed by atoms with Gasteiger partial charge in [0.2, 0.25) is 0 Å². The van der Waals surface area contributed by atoms with Gasteiger partial charge in [-0.15, -0.1) is 0 Å². The van der Waals surface area contributed by atoms with Crippen molar-refractivity contribution in [2.45, 2.75) is 51.7 Å². The molecule has 0 N–H and O–H groups in total. The summed E-state index contributed by atoms with van der Waals surface area (Å²) in [5.74, 6) is 11.5. The topological polar surface area (TPSA) is 18.5 Å². The number of hydrogen-bond acceptors (Lipinski definition) is 8. The van der Waals surface area contributed by atoms with Crippen molar-refractivity contribution < 1.29 is 9.47 Å². The summed E-state index contributed by atoms with van der Waals surface area (Å²) < 4.78 is 12.5. The summed E-state index contributed by atoms with van der Waals surface area (Å²) in [6.45, 7) is 10.3. The predicted molar refractivity (Wildman–Crippen MR) is 171 cm³/mol. The van der Waals surface area contributed by atoms with Crippen molar-refractivity contribution >= 4 is 72.3 Å². The molecule has 0 fully saturated rings. The van der Waals surface area contributed by atoms with Gasteiger partial charge in [-0.05, 0) is 74.7 Å². The van der Waals surface area contributed by atoms with Gasteiger partial charge in [0.25, 0.3) is 0 Å². The molecule has 0 radical (unpaired) electrons. The van der Waals surface area contributed by atoms with E-state index in [0.717, 1.165) is 60.6 Å². The van der Waals surface area contributed by atoms with E-state index in [9.17, 15) is 0 Å². The van der Waals surface area contributed by atoms with Crippen molar-refractivity contribution in [1.29, 1.82) is 0 Å². The number of benzene rings is 1. The Labute approximate surface area is 238 Å². The van der Waals surface area contributed by atoms with Gasteiger partial charge >= 0.3 is 0 Å². The molecule has 1 aromatic rings. The molecule has 1 aromatic carbocycles. The smallest absolute Gasteiger partial charge is 0.0875 e. The van der Waals surface area contributed by atoms with E-state index in [0.29, 0.717) is 0 Å². The van der Waals surface area contributed by atoms with E-state index >= 15 is 0 Å². The summed E-state index contributed by atoms with van der Waals surface area (Å²) >= 11 is 16.5. The molecule has 198 valence electrons. The zero-order valence-corrected chi connectivity index (χ0v) is 26.6. The molecule has 8 heteroatoms. The molecule has 0 saturated carbocycles. The second-order valence-corrected chi connectivity index (χ2v) is 14.7. The minimum absolute atomic E-state index is 0.279. The van der Waals surface area contributed by atoms with Crippen molar-refractivity contribution in [3.8, 4) is 0 Å². The van der Waals surface area contributed by atoms with E-state index in [1.165, 1.54) is 34.1 Å². The molecule has 0 heterocycles. The summed E-state index contributed by atoms with van der Waals surface area (Å²) in [7, 11) is 0. The molecule has 0 aliphatic rings. The molecule has 0 aliphatic heterocycles. The average Bonchev–Trinajstić information content (AvgIpc) is 2.82. The van der Waals surface area contributed by atoms with Gasteiger partial charge in [0.15, 0.2) is 0 Å². The number of rotatable bonds is 22. The normalized spacial score (nSPS) is 12.4. The highest BCUT2D eigenvalue weighted by Crippen LogP contribution is 2.30. The van der Waals surface area contributed by atoms with Gasteiger partial charge in [-0.25, -0.2) is 0 Å². The molecule has 34 heavy (non-hydrogen) atoms. The van der Waals surface area contributed by atoms with E-state index in [-0.39, 0.29) is 11.2 Å². The lowest BCUT2D eigenvalue weighted by atomic mass is 9.92. The SMILES string of the molecule is CC(C)(OCCCSCCSCCS)c1ccc(C(C)(C)OCCCSCCSCCS)cc1. The van der Waals surface area contributed by atoms with Crippen LogP contribution in [0.1, 0.15) is 51.7 Å². The van der Waals surface area contributed by atoms with Crippen molar-refractivity contribution in [3.05, 3.63) is 35.4 Å². The highest BCUT2D eigenvalue weighted by Gasteiger charge is 2.24. The fourth-order valence-electron chi connectivity index (χ4n) is 3.19. The second kappa shape index (κ2) is 20.2. The van der Waals surface area contributed by atoms with Gasteiger partial charge < -0.3 is 9.47 Å². The van der Waals surface area contributed by atoms with Crippen LogP contribution < -0.4 is 0 Å². The van der Waals surface area contributed by atoms with E-state index < -0.39 is 0 Å². The monoisotopic (exact) mass is 582 g/mol. The molecule has 0 aliphatic carbocycles. The molecule has 0 amide bonds. The molecule has 2 nitrogen and oxygen atoms in total. The minimum Gasteiger partial charge on any atom is -0.371 e. The summed E-state index contributed by atoms with van der Waals surface area (Å²) in [6, 6.07) is 8.80. The van der Waals surface area contributed by atoms with Gasteiger partial charge in [-0.3, -0.25) is 0 Å². The van der Waals surface area contributed by atoms with Crippen LogP contribution in [0.3, 0.4) is 0 Å². The highest BCUT2D eigenvalue weighted by atomic mass is 32.2. The number of thioether (sulfide) groups is 4. The molecular formula is C26H46O2S6. The van der Waals surface area contributed by atoms with E-state index in [1.54, 1.807) is 0 Å². The van der Waals surface area contributed by atoms with Gasteiger partial charge in [0.1, 0.15) is 0 Å². The number of ether oxygens (including phenoxy) is 2. The Balaban J connectivity index is 2.29. The average molecular weight is 583 g/mol. The lowest BCUT2D eigenvalue weighted by Gasteiger charge is -2.29. The van der Waals surface area contributed by atoms with Crippen LogP contribution in [-0.2, 0) is 20.7 Å². The highest BCUT2D eigenvalue weighted by molar-refractivity contribution is 8.03. The van der Waals surface area contributed by atoms with Crippen molar-refractivity contribution in [2.24, 2.45) is 0 Å². The van der Waals surface area contributed by atoms with Gasteiger partial charge in [0, 0.05) is 47.7 Å². The summed E-state index contributed by atoms with van der Waals surface area (Å²) in [5.41, 5.74) is 1.88. The van der Waals surface area contributed by atoms with Gasteiger partial charge in [-0.2, -0.15) is 72.3 Å². The van der Waals surface area contributed by atoms with E-state index in [2.05, 4.69) is 77.2 Å². The van der Waals surface area contributed by atoms with Gasteiger partial charge in [-0.1, -0.05) is 24.3 Å². The molecule has 0 atom stereocenters. The molecule has 0 aromatic heterocycles. The lowest BCUT2D eigenvalue weighted by molar-refractivity contribution is -0.0236. The standard InChI is InChI=1S/C26H46O2S6/c1-25(2,27-11-5-15-31-19-21-33-17-13-29)23-7-9-24(10-8-23)26(3,4)28-12-6-16-32-20-22-34-18-14-30/h7-10,29-30H,5-6,11-22H2,1-4H3. The maximum Gasteiger partial charge on any atom is 0.0875 e. The summed E-state index contributed by atoms with van der Waals surface area (Å²) in [6.07, 6.45) is 2.19. The van der Waals surface area contributed by atoms with Crippen molar-refractivity contribution in [1.82, 2.24) is 0 Å². The third-order valence-electron chi connectivity index (χ3n) is 5.28. The second-order valence-electron chi connectivity index (χ2n) is 8.90. The number of hydrogen-bond donors (Lipinski definition) is 2. The minimum atomic E-state index is -0.279. The first kappa shape index (κ1) is 33.3. The largest absolute Gasteiger partial charge is 0.371 e. The van der Waals surface area contributed by atoms with E-state index in [4.69, 9.17) is 9.47 Å². The quantitative estimate of drug-likeness (QED) is 0.107. The fourth-order valence-corrected chi connectivity index (χ4v) is 7.57. The molecule has 0 bridgehead atoms. The first-order valence-electron chi connectivity index (χ1n) is 12.2. The van der Waals surface area contributed by atoms with Crippen LogP contribution in [0.25, 0.3) is 0 Å². The van der Waals surface area contributed by atoms with Crippen LogP contribution in [0.2, 0.25) is 0 Å². The fraction of sp³-hybridized carbons (Fsp3) is 0.769. The predicted octanol–water partition coefficient (Wildman–Crippen LogP) is 7.76. The Bertz CT molecular complexity index is 557. The van der Waals surface area contributed by atoms with Crippen LogP contribution in [0.5, 0.6) is 0 Å². The Hall–Kier alpha value is 1.24. The first-order valence-corrected chi connectivity index (χ1v) is 18.1. The summed E-state index contributed by atoms with van der Waals surface area (Å²) in [4.78, 5) is 0. The van der Waals surface area contributed by atoms with E-state index in [1.807, 2.05) is 47.0 Å². The van der Waals surface area contributed by atoms with Crippen LogP contribution in [0.15, 0.2) is 24.3 Å². The Morgan fingerprint density at radius 3 is 1.21 bits per heavy atom.